The number of carbonyl (C=O) groups is 2. The summed E-state index contributed by atoms with van der Waals surface area (Å²) in [5, 5.41) is 32.7. The van der Waals surface area contributed by atoms with Gasteiger partial charge in [-0.15, -0.1) is 0 Å². The molecule has 1 aliphatic rings. The smallest absolute Gasteiger partial charge is 0.300 e. The van der Waals surface area contributed by atoms with Gasteiger partial charge in [0.25, 0.3) is 11.9 Å². The number of hydrogen-bond acceptors (Lipinski definition) is 4. The van der Waals surface area contributed by atoms with Crippen LogP contribution in [0.4, 0.5) is 0 Å². The Hall–Kier alpha value is -1.14. The van der Waals surface area contributed by atoms with E-state index in [4.69, 9.17) is 30.0 Å². The molecule has 1 fully saturated rings. The topological polar surface area (TPSA) is 115 Å². The third-order valence-corrected chi connectivity index (χ3v) is 1.65. The molecule has 1 rings (SSSR count). The van der Waals surface area contributed by atoms with Crippen LogP contribution in [0.1, 0.15) is 46.0 Å². The highest BCUT2D eigenvalue weighted by Gasteiger charge is 2.24. The Bertz CT molecular complexity index is 183. The fourth-order valence-electron chi connectivity index (χ4n) is 1.12. The lowest BCUT2D eigenvalue weighted by molar-refractivity contribution is -0.180. The summed E-state index contributed by atoms with van der Waals surface area (Å²) in [7, 11) is 0. The number of carboxylic acid groups (broad SMARTS) is 2. The summed E-state index contributed by atoms with van der Waals surface area (Å²) in [4.78, 5) is 18.0. The lowest BCUT2D eigenvalue weighted by Crippen LogP contribution is -2.30. The fourth-order valence-corrected chi connectivity index (χ4v) is 1.12. The second-order valence-corrected chi connectivity index (χ2v) is 3.58. The van der Waals surface area contributed by atoms with E-state index in [-0.39, 0.29) is 0 Å². The zero-order valence-electron chi connectivity index (χ0n) is 9.64. The van der Waals surface area contributed by atoms with E-state index in [2.05, 4.69) is 0 Å². The van der Waals surface area contributed by atoms with Crippen molar-refractivity contribution in [1.29, 1.82) is 0 Å². The number of aliphatic hydroxyl groups is 2. The van der Waals surface area contributed by atoms with E-state index >= 15 is 0 Å². The first kappa shape index (κ1) is 17.3. The first-order valence-corrected chi connectivity index (χ1v) is 5.01. The third kappa shape index (κ3) is 23.0. The normalized spacial score (nSPS) is 17.0. The number of carboxylic acids is 2. The van der Waals surface area contributed by atoms with Crippen LogP contribution in [0, 0.1) is 0 Å². The predicted molar refractivity (Wildman–Crippen MR) is 56.9 cm³/mol. The molecule has 1 saturated carbocycles. The highest BCUT2D eigenvalue weighted by molar-refractivity contribution is 5.63. The summed E-state index contributed by atoms with van der Waals surface area (Å²) in [5.74, 6) is -2.99. The molecule has 0 unspecified atom stereocenters. The predicted octanol–water partition coefficient (Wildman–Crippen LogP) is 0.813. The molecule has 96 valence electrons. The Labute approximate surface area is 94.5 Å². The van der Waals surface area contributed by atoms with Gasteiger partial charge in [0.15, 0.2) is 5.79 Å². The molecule has 0 atom stereocenters. The summed E-state index contributed by atoms with van der Waals surface area (Å²) in [6, 6.07) is 0. The van der Waals surface area contributed by atoms with Gasteiger partial charge in [-0.05, 0) is 12.8 Å². The molecule has 0 aromatic rings. The average molecular weight is 236 g/mol. The van der Waals surface area contributed by atoms with Gasteiger partial charge in [-0.3, -0.25) is 9.59 Å². The highest BCUT2D eigenvalue weighted by Crippen LogP contribution is 2.24. The average Bonchev–Trinajstić information content (AvgIpc) is 2.00. The zero-order valence-corrected chi connectivity index (χ0v) is 9.64. The fraction of sp³-hybridized carbons (Fsp3) is 0.800. The molecule has 6 nitrogen and oxygen atoms in total. The first-order valence-electron chi connectivity index (χ1n) is 5.01. The molecule has 0 radical (unpaired) electrons. The van der Waals surface area contributed by atoms with Crippen molar-refractivity contribution in [3.8, 4) is 0 Å². The van der Waals surface area contributed by atoms with E-state index in [9.17, 15) is 0 Å². The molecular formula is C10H20O6. The summed E-state index contributed by atoms with van der Waals surface area (Å²) >= 11 is 0. The van der Waals surface area contributed by atoms with Gasteiger partial charge in [0.1, 0.15) is 0 Å². The quantitative estimate of drug-likeness (QED) is 0.463. The molecule has 16 heavy (non-hydrogen) atoms. The minimum atomic E-state index is -1.32. The largest absolute Gasteiger partial charge is 0.481 e. The molecule has 6 heteroatoms. The second-order valence-electron chi connectivity index (χ2n) is 3.58. The van der Waals surface area contributed by atoms with E-state index in [0.29, 0.717) is 12.8 Å². The van der Waals surface area contributed by atoms with Gasteiger partial charge in [-0.1, -0.05) is 6.42 Å². The Morgan fingerprint density at radius 2 is 1.12 bits per heavy atom. The molecule has 0 aromatic heterocycles. The van der Waals surface area contributed by atoms with Gasteiger partial charge in [0, 0.05) is 26.7 Å². The Morgan fingerprint density at radius 3 is 1.25 bits per heavy atom. The number of hydrogen-bond donors (Lipinski definition) is 4. The summed E-state index contributed by atoms with van der Waals surface area (Å²) in [6.07, 6.45) is 4.21. The van der Waals surface area contributed by atoms with Crippen molar-refractivity contribution in [2.75, 3.05) is 0 Å². The Balaban J connectivity index is 0. The van der Waals surface area contributed by atoms with Crippen LogP contribution in [0.3, 0.4) is 0 Å². The van der Waals surface area contributed by atoms with Crippen LogP contribution in [0.15, 0.2) is 0 Å². The van der Waals surface area contributed by atoms with Crippen LogP contribution >= 0.6 is 0 Å². The number of rotatable bonds is 0. The lowest BCUT2D eigenvalue weighted by atomic mass is 9.95. The molecular weight excluding hydrogens is 216 g/mol. The maximum absolute atomic E-state index is 9.00. The van der Waals surface area contributed by atoms with Crippen LogP contribution in [0.2, 0.25) is 0 Å². The molecule has 0 spiro atoms. The van der Waals surface area contributed by atoms with Crippen LogP contribution in [-0.4, -0.2) is 38.2 Å². The summed E-state index contributed by atoms with van der Waals surface area (Å²) in [6.45, 7) is 2.17. The van der Waals surface area contributed by atoms with Crippen molar-refractivity contribution in [3.05, 3.63) is 0 Å². The molecule has 0 heterocycles. The molecule has 0 bridgehead atoms. The monoisotopic (exact) mass is 236 g/mol. The zero-order chi connectivity index (χ0) is 13.2. The van der Waals surface area contributed by atoms with Crippen LogP contribution < -0.4 is 0 Å². The SMILES string of the molecule is CC(=O)O.CC(=O)O.OC1(O)CCCCC1. The number of aliphatic carboxylic acids is 2. The van der Waals surface area contributed by atoms with Crippen molar-refractivity contribution < 1.29 is 30.0 Å². The van der Waals surface area contributed by atoms with E-state index in [1.165, 1.54) is 0 Å². The van der Waals surface area contributed by atoms with Crippen molar-refractivity contribution in [2.24, 2.45) is 0 Å². The lowest BCUT2D eigenvalue weighted by Gasteiger charge is -2.25. The molecule has 0 amide bonds. The maximum atomic E-state index is 9.00. The first-order chi connectivity index (χ1) is 7.17. The summed E-state index contributed by atoms with van der Waals surface area (Å²) < 4.78 is 0. The Morgan fingerprint density at radius 1 is 0.875 bits per heavy atom. The van der Waals surface area contributed by atoms with Crippen molar-refractivity contribution >= 4 is 11.9 Å². The van der Waals surface area contributed by atoms with E-state index in [1.54, 1.807) is 0 Å². The van der Waals surface area contributed by atoms with Crippen LogP contribution in [0.5, 0.6) is 0 Å². The molecule has 1 aliphatic carbocycles. The standard InChI is InChI=1S/C6H12O2.2C2H4O2/c7-6(8)4-2-1-3-5-6;2*1-2(3)4/h7-8H,1-5H2;2*1H3,(H,3,4). The summed E-state index contributed by atoms with van der Waals surface area (Å²) in [5.41, 5.74) is 0. The Kier molecular flexibility index (Phi) is 9.83. The van der Waals surface area contributed by atoms with Gasteiger partial charge in [0.05, 0.1) is 0 Å². The van der Waals surface area contributed by atoms with Gasteiger partial charge < -0.3 is 20.4 Å². The molecule has 0 saturated heterocycles. The van der Waals surface area contributed by atoms with Gasteiger partial charge in [-0.2, -0.15) is 0 Å². The van der Waals surface area contributed by atoms with Gasteiger partial charge in [0.2, 0.25) is 0 Å². The second kappa shape index (κ2) is 9.11. The minimum Gasteiger partial charge on any atom is -0.481 e. The van der Waals surface area contributed by atoms with E-state index in [1.807, 2.05) is 0 Å². The minimum absolute atomic E-state index is 0.562. The maximum Gasteiger partial charge on any atom is 0.300 e. The van der Waals surface area contributed by atoms with Crippen LogP contribution in [-0.2, 0) is 9.59 Å². The molecule has 0 aromatic carbocycles. The van der Waals surface area contributed by atoms with Gasteiger partial charge >= 0.3 is 0 Å². The van der Waals surface area contributed by atoms with Crippen molar-refractivity contribution in [2.45, 2.75) is 51.7 Å². The molecule has 4 N–H and O–H groups in total. The van der Waals surface area contributed by atoms with Crippen molar-refractivity contribution in [3.63, 3.8) is 0 Å². The molecule has 0 aliphatic heterocycles. The third-order valence-electron chi connectivity index (χ3n) is 1.65. The van der Waals surface area contributed by atoms with Crippen molar-refractivity contribution in [1.82, 2.24) is 0 Å². The highest BCUT2D eigenvalue weighted by atomic mass is 16.5. The van der Waals surface area contributed by atoms with Crippen LogP contribution in [0.25, 0.3) is 0 Å². The van der Waals surface area contributed by atoms with Gasteiger partial charge in [-0.25, -0.2) is 0 Å². The van der Waals surface area contributed by atoms with E-state index in [0.717, 1.165) is 33.1 Å². The van der Waals surface area contributed by atoms with E-state index < -0.39 is 17.7 Å².